The van der Waals surface area contributed by atoms with E-state index < -0.39 is 12.2 Å². The predicted molar refractivity (Wildman–Crippen MR) is 264 cm³/mol. The Labute approximate surface area is 414 Å². The van der Waals surface area contributed by atoms with E-state index in [0.29, 0.717) is 75.6 Å². The number of ether oxygens (including phenoxy) is 6. The topological polar surface area (TPSA) is 248 Å². The fourth-order valence-corrected chi connectivity index (χ4v) is 9.23. The van der Waals surface area contributed by atoms with Gasteiger partial charge in [-0.2, -0.15) is 10.2 Å². The molecule has 0 unspecified atom stereocenters. The quantitative estimate of drug-likeness (QED) is 0.170. The monoisotopic (exact) mass is 990 g/mol. The van der Waals surface area contributed by atoms with Gasteiger partial charge in [-0.05, 0) is 74.2 Å². The lowest BCUT2D eigenvalue weighted by molar-refractivity contribution is 0.105. The van der Waals surface area contributed by atoms with E-state index in [1.807, 2.05) is 46.0 Å². The normalized spacial score (nSPS) is 16.7. The Morgan fingerprint density at radius 1 is 0.500 bits per heavy atom. The number of nitrogens with one attached hydrogen (secondary N) is 2. The van der Waals surface area contributed by atoms with Crippen molar-refractivity contribution in [2.75, 3.05) is 128 Å². The number of methoxy groups -OCH3 is 4. The lowest BCUT2D eigenvalue weighted by Gasteiger charge is -2.31. The summed E-state index contributed by atoms with van der Waals surface area (Å²) in [5, 5.41) is 16.5. The predicted octanol–water partition coefficient (Wildman–Crippen LogP) is 5.82. The van der Waals surface area contributed by atoms with Crippen LogP contribution in [0.1, 0.15) is 37.8 Å². The highest BCUT2D eigenvalue weighted by Crippen LogP contribution is 2.35. The number of nitrogens with zero attached hydrogens (tertiary/aromatic N) is 12. The van der Waals surface area contributed by atoms with Gasteiger partial charge < -0.3 is 48.0 Å². The van der Waals surface area contributed by atoms with E-state index in [1.165, 1.54) is 28.4 Å². The Bertz CT molecular complexity index is 2660. The van der Waals surface area contributed by atoms with Crippen LogP contribution >= 0.6 is 0 Å². The molecule has 2 N–H and O–H groups in total. The van der Waals surface area contributed by atoms with Crippen molar-refractivity contribution in [3.8, 4) is 22.8 Å². The van der Waals surface area contributed by atoms with Crippen molar-refractivity contribution < 1.29 is 47.6 Å². The zero-order valence-electron chi connectivity index (χ0n) is 40.7. The molecule has 4 saturated heterocycles. The number of hydrogen-bond donors (Lipinski definition) is 2. The minimum absolute atomic E-state index is 0.107. The summed E-state index contributed by atoms with van der Waals surface area (Å²) in [6.45, 7) is 7.86. The number of carbonyl (C=O) groups is 4. The van der Waals surface area contributed by atoms with Crippen LogP contribution < -0.4 is 20.4 Å². The van der Waals surface area contributed by atoms with Crippen LogP contribution in [0, 0.1) is 0 Å². The first-order valence-electron chi connectivity index (χ1n) is 23.9. The van der Waals surface area contributed by atoms with Gasteiger partial charge in [-0.15, -0.1) is 0 Å². The van der Waals surface area contributed by atoms with Crippen molar-refractivity contribution in [2.24, 2.45) is 0 Å². The van der Waals surface area contributed by atoms with Crippen LogP contribution in [0.2, 0.25) is 0 Å². The summed E-state index contributed by atoms with van der Waals surface area (Å²) in [5.74, 6) is 2.80. The Balaban J connectivity index is 0.000000178. The zero-order chi connectivity index (χ0) is 50.1. The number of benzene rings is 2. The smallest absolute Gasteiger partial charge is 0.411 e. The van der Waals surface area contributed by atoms with Crippen molar-refractivity contribution in [1.82, 2.24) is 49.3 Å². The molecule has 380 valence electrons. The molecule has 8 heterocycles. The van der Waals surface area contributed by atoms with Gasteiger partial charge in [-0.25, -0.2) is 48.5 Å². The van der Waals surface area contributed by atoms with Crippen LogP contribution in [-0.2, 0) is 28.4 Å². The van der Waals surface area contributed by atoms with Crippen molar-refractivity contribution in [3.05, 3.63) is 60.9 Å². The second-order valence-corrected chi connectivity index (χ2v) is 17.4. The van der Waals surface area contributed by atoms with Crippen molar-refractivity contribution >= 4 is 69.5 Å². The summed E-state index contributed by atoms with van der Waals surface area (Å²) in [6.07, 6.45) is 5.02. The number of anilines is 4. The number of hydrogen-bond acceptors (Lipinski definition) is 18. The number of piperidine rings is 2. The summed E-state index contributed by atoms with van der Waals surface area (Å²) in [5.41, 5.74) is 4.37. The van der Waals surface area contributed by atoms with Gasteiger partial charge >= 0.3 is 24.4 Å². The molecule has 2 aromatic carbocycles. The van der Waals surface area contributed by atoms with E-state index in [9.17, 15) is 19.2 Å². The van der Waals surface area contributed by atoms with Crippen LogP contribution in [0.15, 0.2) is 60.9 Å². The van der Waals surface area contributed by atoms with Gasteiger partial charge in [-0.1, -0.05) is 0 Å². The molecule has 0 spiro atoms. The molecule has 0 aliphatic carbocycles. The number of rotatable bonds is 8. The molecule has 4 aliphatic heterocycles. The molecule has 4 amide bonds. The first-order chi connectivity index (χ1) is 35.1. The highest BCUT2D eigenvalue weighted by atomic mass is 16.6. The standard InChI is InChI=1S/2C24H29N7O5/c2*1-34-23(32)26-17-5-3-16(4-6-17)20-27-21(29-11-13-36-14-12-29)19-15-25-31(22(19)28-20)18-7-9-30(10-8-18)24(33)35-2/h2*3-6,15,18H,7-14H2,1-2H3,(H,26,32). The van der Waals surface area contributed by atoms with Crippen molar-refractivity contribution in [1.29, 1.82) is 0 Å². The van der Waals surface area contributed by atoms with Crippen LogP contribution in [0.25, 0.3) is 44.8 Å². The number of carbonyl (C=O) groups excluding carboxylic acids is 4. The Morgan fingerprint density at radius 2 is 0.861 bits per heavy atom. The molecule has 6 aromatic rings. The van der Waals surface area contributed by atoms with Crippen LogP contribution in [0.5, 0.6) is 0 Å². The molecule has 4 fully saturated rings. The number of amides is 4. The lowest BCUT2D eigenvalue weighted by Crippen LogP contribution is -2.39. The molecule has 0 saturated carbocycles. The van der Waals surface area contributed by atoms with E-state index in [2.05, 4.69) is 29.9 Å². The number of likely N-dealkylation sites (tertiary alicyclic amines) is 2. The van der Waals surface area contributed by atoms with Gasteiger partial charge in [0.25, 0.3) is 0 Å². The molecular weight excluding hydrogens is 933 g/mol. The van der Waals surface area contributed by atoms with Gasteiger partial charge in [0.2, 0.25) is 0 Å². The highest BCUT2D eigenvalue weighted by molar-refractivity contribution is 5.91. The minimum Gasteiger partial charge on any atom is -0.453 e. The Hall–Kier alpha value is -7.86. The number of aromatic nitrogens is 8. The summed E-state index contributed by atoms with van der Waals surface area (Å²) < 4.78 is 34.1. The van der Waals surface area contributed by atoms with Gasteiger partial charge in [0, 0.05) is 74.9 Å². The van der Waals surface area contributed by atoms with E-state index in [4.69, 9.17) is 49.1 Å². The highest BCUT2D eigenvalue weighted by Gasteiger charge is 2.30. The molecule has 0 bridgehead atoms. The average molecular weight is 991 g/mol. The Kier molecular flexibility index (Phi) is 15.3. The second kappa shape index (κ2) is 22.5. The third-order valence-corrected chi connectivity index (χ3v) is 13.1. The molecule has 10 rings (SSSR count). The third-order valence-electron chi connectivity index (χ3n) is 13.1. The van der Waals surface area contributed by atoms with E-state index in [0.717, 1.165) is 96.7 Å². The van der Waals surface area contributed by atoms with Crippen LogP contribution in [0.3, 0.4) is 0 Å². The second-order valence-electron chi connectivity index (χ2n) is 17.4. The van der Waals surface area contributed by atoms with Gasteiger partial charge in [-0.3, -0.25) is 10.6 Å². The van der Waals surface area contributed by atoms with Crippen molar-refractivity contribution in [2.45, 2.75) is 37.8 Å². The maximum absolute atomic E-state index is 11.9. The zero-order valence-corrected chi connectivity index (χ0v) is 40.7. The maximum atomic E-state index is 11.9. The molecular formula is C48H58N14O10. The molecule has 4 aromatic heterocycles. The van der Waals surface area contributed by atoms with Gasteiger partial charge in [0.15, 0.2) is 22.9 Å². The summed E-state index contributed by atoms with van der Waals surface area (Å²) in [7, 11) is 5.45. The van der Waals surface area contributed by atoms with Gasteiger partial charge in [0.05, 0.1) is 90.1 Å². The molecule has 24 nitrogen and oxygen atoms in total. The summed E-state index contributed by atoms with van der Waals surface area (Å²) >= 11 is 0. The molecule has 24 heteroatoms. The van der Waals surface area contributed by atoms with Gasteiger partial charge in [0.1, 0.15) is 11.6 Å². The number of fused-ring (bicyclic) bond motifs is 2. The molecule has 72 heavy (non-hydrogen) atoms. The van der Waals surface area contributed by atoms with Crippen LogP contribution in [-0.4, -0.2) is 181 Å². The minimum atomic E-state index is -0.530. The first kappa shape index (κ1) is 49.1. The summed E-state index contributed by atoms with van der Waals surface area (Å²) in [6, 6.07) is 14.8. The summed E-state index contributed by atoms with van der Waals surface area (Å²) in [4.78, 5) is 74.4. The van der Waals surface area contributed by atoms with Crippen molar-refractivity contribution in [3.63, 3.8) is 0 Å². The van der Waals surface area contributed by atoms with E-state index >= 15 is 0 Å². The SMILES string of the molecule is COC(=O)Nc1ccc(-c2nc(N3CCOCC3)c3cnn(C4CCN(C(=O)OC)CC4)c3n2)cc1.COC(=O)Nc1ccc(-c2nc(N3CCOCC3)c3cnn(C4CCN(C(=O)OC)CC4)c3n2)cc1. The van der Waals surface area contributed by atoms with Crippen LogP contribution in [0.4, 0.5) is 42.2 Å². The molecule has 4 aliphatic rings. The van der Waals surface area contributed by atoms with E-state index in [1.54, 1.807) is 34.1 Å². The third kappa shape index (κ3) is 10.9. The molecule has 0 atom stereocenters. The fourth-order valence-electron chi connectivity index (χ4n) is 9.23. The lowest BCUT2D eigenvalue weighted by atomic mass is 10.1. The molecule has 0 radical (unpaired) electrons. The average Bonchev–Trinajstić information content (AvgIpc) is 4.08. The Morgan fingerprint density at radius 3 is 1.19 bits per heavy atom. The first-order valence-corrected chi connectivity index (χ1v) is 23.9. The maximum Gasteiger partial charge on any atom is 0.411 e. The fraction of sp³-hybridized carbons (Fsp3) is 0.458. The number of morpholine rings is 2. The van der Waals surface area contributed by atoms with E-state index in [-0.39, 0.29) is 24.3 Å². The largest absolute Gasteiger partial charge is 0.453 e.